The summed E-state index contributed by atoms with van der Waals surface area (Å²) in [5.74, 6) is 2.95. The van der Waals surface area contributed by atoms with E-state index in [9.17, 15) is 33.6 Å². The van der Waals surface area contributed by atoms with Crippen LogP contribution in [0, 0.1) is 35.5 Å². The van der Waals surface area contributed by atoms with Crippen molar-refractivity contribution in [2.45, 2.75) is 263 Å². The Morgan fingerprint density at radius 2 is 0.403 bits per heavy atom. The van der Waals surface area contributed by atoms with Gasteiger partial charge in [-0.25, -0.2) is 0 Å². The first-order valence-corrected chi connectivity index (χ1v) is 25.7. The van der Waals surface area contributed by atoms with Crippen LogP contribution in [0.5, 0.6) is 0 Å². The van der Waals surface area contributed by atoms with Crippen molar-refractivity contribution >= 4 is 40.6 Å². The summed E-state index contributed by atoms with van der Waals surface area (Å²) in [5, 5.41) is 2.69. The molecule has 0 unspecified atom stereocenters. The summed E-state index contributed by atoms with van der Waals surface area (Å²) in [5.41, 5.74) is 0. The summed E-state index contributed by atoms with van der Waals surface area (Å²) in [6, 6.07) is 0. The van der Waals surface area contributed by atoms with Crippen LogP contribution in [0.4, 0.5) is 0 Å². The van der Waals surface area contributed by atoms with Crippen LogP contribution >= 0.6 is 0 Å². The number of amides is 1. The zero-order valence-corrected chi connectivity index (χ0v) is 42.8. The zero-order chi connectivity index (χ0) is 47.7. The lowest BCUT2D eigenvalue weighted by Crippen LogP contribution is -2.31. The fourth-order valence-corrected chi connectivity index (χ4v) is 6.53. The fraction of sp³-hybridized carbons (Fsp3) is 0.870. The molecule has 8 nitrogen and oxygen atoms in total. The molecule has 364 valence electrons. The minimum Gasteiger partial charge on any atom is -0.349 e. The molecular formula is C54H101NO7. The molecule has 0 atom stereocenters. The lowest BCUT2D eigenvalue weighted by atomic mass is 10.00. The molecule has 0 saturated heterocycles. The highest BCUT2D eigenvalue weighted by atomic mass is 16.2. The molecule has 1 amide bonds. The first-order valence-electron chi connectivity index (χ1n) is 25.7. The van der Waals surface area contributed by atoms with Crippen LogP contribution in [0.15, 0.2) is 0 Å². The number of hydrogen-bond donors (Lipinski definition) is 1. The van der Waals surface area contributed by atoms with Gasteiger partial charge in [0.1, 0.15) is 28.9 Å². The van der Waals surface area contributed by atoms with E-state index in [-0.39, 0.29) is 53.7 Å². The molecule has 0 radical (unpaired) electrons. The van der Waals surface area contributed by atoms with E-state index in [2.05, 4.69) is 5.32 Å². The van der Waals surface area contributed by atoms with E-state index in [0.29, 0.717) is 35.3 Å². The van der Waals surface area contributed by atoms with E-state index in [1.165, 1.54) is 70.6 Å². The number of unbranched alkanes of at least 4 members (excludes halogenated alkanes) is 19. The van der Waals surface area contributed by atoms with E-state index in [1.54, 1.807) is 0 Å². The van der Waals surface area contributed by atoms with Crippen molar-refractivity contribution in [1.82, 2.24) is 5.32 Å². The number of hydrogen-bond acceptors (Lipinski definition) is 7. The Morgan fingerprint density at radius 1 is 0.242 bits per heavy atom. The number of ketones is 6. The Labute approximate surface area is 383 Å². The van der Waals surface area contributed by atoms with Crippen LogP contribution in [0.2, 0.25) is 0 Å². The molecular weight excluding hydrogens is 775 g/mol. The molecule has 1 N–H and O–H groups in total. The molecule has 0 rings (SSSR count). The van der Waals surface area contributed by atoms with Crippen molar-refractivity contribution < 1.29 is 33.6 Å². The topological polar surface area (TPSA) is 132 Å². The van der Waals surface area contributed by atoms with Gasteiger partial charge in [-0.1, -0.05) is 186 Å². The summed E-state index contributed by atoms with van der Waals surface area (Å²) in [4.78, 5) is 80.1. The third kappa shape index (κ3) is 45.5. The van der Waals surface area contributed by atoms with Crippen LogP contribution in [0.1, 0.15) is 263 Å². The van der Waals surface area contributed by atoms with Gasteiger partial charge in [-0.05, 0) is 38.5 Å². The number of rotatable bonds is 39. The molecule has 0 heterocycles. The molecule has 0 aliphatic carbocycles. The van der Waals surface area contributed by atoms with Crippen molar-refractivity contribution in [3.8, 4) is 0 Å². The lowest BCUT2D eigenvalue weighted by molar-refractivity contribution is -0.126. The third-order valence-electron chi connectivity index (χ3n) is 11.6. The van der Waals surface area contributed by atoms with Gasteiger partial charge in [-0.2, -0.15) is 0 Å². The Morgan fingerprint density at radius 3 is 0.581 bits per heavy atom. The third-order valence-corrected chi connectivity index (χ3v) is 11.6. The first-order chi connectivity index (χ1) is 29.2. The van der Waals surface area contributed by atoms with Crippen molar-refractivity contribution in [3.63, 3.8) is 0 Å². The summed E-state index contributed by atoms with van der Waals surface area (Å²) in [7, 11) is 0. The summed E-state index contributed by atoms with van der Waals surface area (Å²) in [6.45, 7) is 23.6. The smallest absolute Gasteiger partial charge is 0.220 e. The Balaban J connectivity index is -0.000000852. The van der Waals surface area contributed by atoms with Gasteiger partial charge >= 0.3 is 0 Å². The highest BCUT2D eigenvalue weighted by Crippen LogP contribution is 2.15. The van der Waals surface area contributed by atoms with E-state index in [0.717, 1.165) is 103 Å². The molecule has 0 bridgehead atoms. The molecule has 0 aromatic carbocycles. The lowest BCUT2D eigenvalue weighted by Gasteiger charge is -2.06. The predicted molar refractivity (Wildman–Crippen MR) is 261 cm³/mol. The maximum Gasteiger partial charge on any atom is 0.220 e. The first kappa shape index (κ1) is 63.8. The van der Waals surface area contributed by atoms with E-state index >= 15 is 0 Å². The summed E-state index contributed by atoms with van der Waals surface area (Å²) in [6.07, 6.45) is 29.4. The minimum absolute atomic E-state index is 0.0150. The second-order valence-electron chi connectivity index (χ2n) is 19.8. The van der Waals surface area contributed by atoms with E-state index in [4.69, 9.17) is 0 Å². The monoisotopic (exact) mass is 876 g/mol. The minimum atomic E-state index is -0.0196. The molecule has 0 fully saturated rings. The molecule has 0 saturated carbocycles. The van der Waals surface area contributed by atoms with Crippen LogP contribution in [0.3, 0.4) is 0 Å². The Kier molecular flexibility index (Phi) is 45.0. The van der Waals surface area contributed by atoms with Gasteiger partial charge in [-0.15, -0.1) is 0 Å². The van der Waals surface area contributed by atoms with Crippen molar-refractivity contribution in [2.24, 2.45) is 35.5 Å². The van der Waals surface area contributed by atoms with Crippen LogP contribution in [-0.4, -0.2) is 47.2 Å². The summed E-state index contributed by atoms with van der Waals surface area (Å²) < 4.78 is 0. The molecule has 0 aliphatic rings. The molecule has 0 spiro atoms. The largest absolute Gasteiger partial charge is 0.349 e. The second-order valence-corrected chi connectivity index (χ2v) is 19.8. The maximum atomic E-state index is 11.6. The molecule has 62 heavy (non-hydrogen) atoms. The van der Waals surface area contributed by atoms with Crippen LogP contribution < -0.4 is 5.32 Å². The highest BCUT2D eigenvalue weighted by Gasteiger charge is 2.11. The van der Waals surface area contributed by atoms with Gasteiger partial charge in [0.05, 0.1) is 6.54 Å². The molecule has 0 aromatic rings. The zero-order valence-electron chi connectivity index (χ0n) is 42.8. The average molecular weight is 876 g/mol. The van der Waals surface area contributed by atoms with Crippen LogP contribution in [-0.2, 0) is 33.6 Å². The van der Waals surface area contributed by atoms with Gasteiger partial charge in [-0.3, -0.25) is 33.6 Å². The molecule has 0 aromatic heterocycles. The van der Waals surface area contributed by atoms with Crippen molar-refractivity contribution in [2.75, 3.05) is 6.54 Å². The number of carbonyl (C=O) groups excluding carboxylic acids is 7. The second kappa shape index (κ2) is 43.7. The average Bonchev–Trinajstić information content (AvgIpc) is 3.21. The molecule has 0 aliphatic heterocycles. The maximum absolute atomic E-state index is 11.6. The molecule has 8 heteroatoms. The number of Topliss-reactive ketones (excluding diaryl/α,β-unsaturated/α-hetero) is 6. The highest BCUT2D eigenvalue weighted by molar-refractivity contribution is 5.87. The van der Waals surface area contributed by atoms with Crippen molar-refractivity contribution in [3.05, 3.63) is 0 Å². The Hall–Kier alpha value is -2.51. The predicted octanol–water partition coefficient (Wildman–Crippen LogP) is 14.3. The SMILES string of the molecule is CC(C)C(=O)CCCCCCCCC(=O)C(C)C.CC(C)C(=O)CCCCCCCCCCC(=O)C(C)C.CC(C)C(=O)CCCCCCCCCCC(=O)NCC(=O)C(C)C. The van der Waals surface area contributed by atoms with E-state index < -0.39 is 0 Å². The van der Waals surface area contributed by atoms with Crippen LogP contribution in [0.25, 0.3) is 0 Å². The van der Waals surface area contributed by atoms with Gasteiger partial charge in [0.25, 0.3) is 0 Å². The van der Waals surface area contributed by atoms with Gasteiger partial charge in [0.15, 0.2) is 5.78 Å². The number of carbonyl (C=O) groups is 7. The number of nitrogens with one attached hydrogen (secondary N) is 1. The standard InChI is InChI=1S/C20H37NO3.C18H34O2.C16H30O2/c1-16(2)18(22)13-11-9-7-5-6-8-10-12-14-20(24)21-15-19(23)17(3)4;1-15(2)17(19)13-11-9-7-5-6-8-10-12-14-18(20)16(3)4;1-13(2)15(17)11-9-7-5-6-8-10-12-16(18)14(3)4/h16-17H,5-15H2,1-4H3,(H,21,24);15-16H,5-14H2,1-4H3;13-14H,5-12H2,1-4H3. The van der Waals surface area contributed by atoms with E-state index in [1.807, 2.05) is 83.1 Å². The van der Waals surface area contributed by atoms with Gasteiger partial charge in [0, 0.05) is 74.0 Å². The van der Waals surface area contributed by atoms with Gasteiger partial charge < -0.3 is 5.32 Å². The normalized spacial score (nSPS) is 11.2. The fourth-order valence-electron chi connectivity index (χ4n) is 6.53. The Bertz CT molecular complexity index is 1110. The van der Waals surface area contributed by atoms with Gasteiger partial charge in [0.2, 0.25) is 5.91 Å². The summed E-state index contributed by atoms with van der Waals surface area (Å²) >= 11 is 0. The van der Waals surface area contributed by atoms with Crippen molar-refractivity contribution in [1.29, 1.82) is 0 Å². The quantitative estimate of drug-likeness (QED) is 0.0608.